The van der Waals surface area contributed by atoms with E-state index in [1.54, 1.807) is 6.26 Å². The second kappa shape index (κ2) is 9.64. The number of nitrogens with zero attached hydrogens (tertiary/aromatic N) is 1. The minimum Gasteiger partial charge on any atom is -0.467 e. The van der Waals surface area contributed by atoms with Crippen molar-refractivity contribution in [2.45, 2.75) is 70.4 Å². The van der Waals surface area contributed by atoms with E-state index in [4.69, 9.17) is 4.42 Å². The van der Waals surface area contributed by atoms with Crippen LogP contribution in [0.5, 0.6) is 0 Å². The molecule has 1 aliphatic carbocycles. The Morgan fingerprint density at radius 1 is 1.04 bits per heavy atom. The second-order valence-electron chi connectivity index (χ2n) is 7.55. The third-order valence-corrected chi connectivity index (χ3v) is 5.60. The first-order valence-electron chi connectivity index (χ1n) is 10.1. The lowest BCUT2D eigenvalue weighted by molar-refractivity contribution is -0.126. The Balaban J connectivity index is 1.38. The second-order valence-corrected chi connectivity index (χ2v) is 7.55. The Labute approximate surface area is 155 Å². The average Bonchev–Trinajstić information content (AvgIpc) is 3.15. The number of amides is 3. The van der Waals surface area contributed by atoms with Crippen LogP contribution in [0.1, 0.15) is 63.5 Å². The number of carbonyl (C=O) groups is 2. The predicted octanol–water partition coefficient (Wildman–Crippen LogP) is 3.43. The fourth-order valence-electron chi connectivity index (χ4n) is 3.94. The Morgan fingerprint density at radius 2 is 1.73 bits per heavy atom. The summed E-state index contributed by atoms with van der Waals surface area (Å²) in [5, 5.41) is 6.14. The van der Waals surface area contributed by atoms with E-state index in [1.807, 2.05) is 17.0 Å². The molecule has 1 aliphatic heterocycles. The zero-order valence-corrected chi connectivity index (χ0v) is 15.5. The molecule has 2 aliphatic rings. The van der Waals surface area contributed by atoms with Crippen LogP contribution in [0.4, 0.5) is 4.79 Å². The Morgan fingerprint density at radius 3 is 2.38 bits per heavy atom. The molecule has 1 aromatic heterocycles. The predicted molar refractivity (Wildman–Crippen MR) is 99.5 cm³/mol. The van der Waals surface area contributed by atoms with Crippen LogP contribution in [-0.2, 0) is 11.3 Å². The summed E-state index contributed by atoms with van der Waals surface area (Å²) < 4.78 is 5.23. The van der Waals surface area contributed by atoms with Crippen molar-refractivity contribution in [3.63, 3.8) is 0 Å². The molecule has 2 fully saturated rings. The van der Waals surface area contributed by atoms with Gasteiger partial charge in [-0.05, 0) is 37.8 Å². The zero-order chi connectivity index (χ0) is 18.2. The number of carbonyl (C=O) groups excluding carboxylic acids is 2. The number of furan rings is 1. The van der Waals surface area contributed by atoms with Crippen molar-refractivity contribution in [1.29, 1.82) is 0 Å². The Bertz CT molecular complexity index is 557. The molecule has 6 nitrogen and oxygen atoms in total. The highest BCUT2D eigenvalue weighted by molar-refractivity contribution is 5.79. The van der Waals surface area contributed by atoms with Gasteiger partial charge >= 0.3 is 6.03 Å². The maximum absolute atomic E-state index is 12.5. The third-order valence-electron chi connectivity index (χ3n) is 5.60. The standard InChI is InChI=1S/C20H31N3O3/c24-19(21-15-18-9-6-14-26-18)16-10-12-23(13-11-16)20(25)22-17-7-4-2-1-3-5-8-17/h6,9,14,16-17H,1-5,7-8,10-13,15H2,(H,21,24)(H,22,25). The highest BCUT2D eigenvalue weighted by Crippen LogP contribution is 2.20. The quantitative estimate of drug-likeness (QED) is 0.863. The molecule has 2 N–H and O–H groups in total. The van der Waals surface area contributed by atoms with E-state index < -0.39 is 0 Å². The van der Waals surface area contributed by atoms with Gasteiger partial charge in [-0.3, -0.25) is 4.79 Å². The number of hydrogen-bond acceptors (Lipinski definition) is 3. The van der Waals surface area contributed by atoms with Gasteiger partial charge in [0.15, 0.2) is 0 Å². The van der Waals surface area contributed by atoms with Crippen molar-refractivity contribution in [2.75, 3.05) is 13.1 Å². The molecule has 0 aromatic carbocycles. The minimum atomic E-state index is -0.0181. The van der Waals surface area contributed by atoms with E-state index >= 15 is 0 Å². The number of rotatable bonds is 4. The molecule has 144 valence electrons. The molecule has 3 amide bonds. The molecule has 1 saturated carbocycles. The van der Waals surface area contributed by atoms with E-state index in [-0.39, 0.29) is 17.9 Å². The van der Waals surface area contributed by atoms with E-state index in [0.717, 1.165) is 31.4 Å². The monoisotopic (exact) mass is 361 g/mol. The summed E-state index contributed by atoms with van der Waals surface area (Å²) in [4.78, 5) is 26.7. The lowest BCUT2D eigenvalue weighted by Crippen LogP contribution is -2.49. The smallest absolute Gasteiger partial charge is 0.317 e. The summed E-state index contributed by atoms with van der Waals surface area (Å²) in [5.41, 5.74) is 0. The number of piperidine rings is 1. The fraction of sp³-hybridized carbons (Fsp3) is 0.700. The summed E-state index contributed by atoms with van der Waals surface area (Å²) in [5.74, 6) is 0.797. The minimum absolute atomic E-state index is 0.0181. The van der Waals surface area contributed by atoms with Gasteiger partial charge in [-0.15, -0.1) is 0 Å². The van der Waals surface area contributed by atoms with Gasteiger partial charge in [-0.25, -0.2) is 4.79 Å². The highest BCUT2D eigenvalue weighted by atomic mass is 16.3. The summed E-state index contributed by atoms with van der Waals surface area (Å²) in [6, 6.07) is 4.03. The molecular weight excluding hydrogens is 330 g/mol. The van der Waals surface area contributed by atoms with Gasteiger partial charge in [-0.1, -0.05) is 32.1 Å². The lowest BCUT2D eigenvalue weighted by Gasteiger charge is -2.33. The molecule has 0 atom stereocenters. The molecule has 1 aromatic rings. The molecule has 26 heavy (non-hydrogen) atoms. The molecule has 1 saturated heterocycles. The number of nitrogens with one attached hydrogen (secondary N) is 2. The van der Waals surface area contributed by atoms with Gasteiger partial charge in [0.1, 0.15) is 5.76 Å². The molecule has 0 unspecified atom stereocenters. The average molecular weight is 361 g/mol. The van der Waals surface area contributed by atoms with Gasteiger partial charge in [-0.2, -0.15) is 0 Å². The summed E-state index contributed by atoms with van der Waals surface area (Å²) in [7, 11) is 0. The highest BCUT2D eigenvalue weighted by Gasteiger charge is 2.28. The Kier molecular flexibility index (Phi) is 6.97. The molecular formula is C20H31N3O3. The van der Waals surface area contributed by atoms with E-state index in [0.29, 0.717) is 25.7 Å². The molecule has 0 spiro atoms. The Hall–Kier alpha value is -1.98. The first kappa shape index (κ1) is 18.8. The topological polar surface area (TPSA) is 74.6 Å². The van der Waals surface area contributed by atoms with Crippen molar-refractivity contribution in [1.82, 2.24) is 15.5 Å². The van der Waals surface area contributed by atoms with Crippen molar-refractivity contribution >= 4 is 11.9 Å². The first-order valence-corrected chi connectivity index (χ1v) is 10.1. The van der Waals surface area contributed by atoms with Gasteiger partial charge in [0.05, 0.1) is 12.8 Å². The maximum Gasteiger partial charge on any atom is 0.317 e. The number of hydrogen-bond donors (Lipinski definition) is 2. The number of urea groups is 1. The van der Waals surface area contributed by atoms with Gasteiger partial charge in [0, 0.05) is 25.0 Å². The zero-order valence-electron chi connectivity index (χ0n) is 15.5. The normalized spacial score (nSPS) is 20.2. The van der Waals surface area contributed by atoms with Crippen LogP contribution in [0.25, 0.3) is 0 Å². The van der Waals surface area contributed by atoms with Crippen LogP contribution in [-0.4, -0.2) is 36.0 Å². The van der Waals surface area contributed by atoms with Crippen LogP contribution < -0.4 is 10.6 Å². The molecule has 2 heterocycles. The number of likely N-dealkylation sites (tertiary alicyclic amines) is 1. The summed E-state index contributed by atoms with van der Waals surface area (Å²) in [6.07, 6.45) is 11.6. The van der Waals surface area contributed by atoms with Crippen LogP contribution in [0, 0.1) is 5.92 Å². The van der Waals surface area contributed by atoms with Crippen molar-refractivity contribution in [3.05, 3.63) is 24.2 Å². The summed E-state index contributed by atoms with van der Waals surface area (Å²) >= 11 is 0. The molecule has 6 heteroatoms. The third kappa shape index (κ3) is 5.51. The van der Waals surface area contributed by atoms with Crippen LogP contribution >= 0.6 is 0 Å². The van der Waals surface area contributed by atoms with Crippen molar-refractivity contribution in [2.24, 2.45) is 5.92 Å². The lowest BCUT2D eigenvalue weighted by atomic mass is 9.95. The van der Waals surface area contributed by atoms with E-state index in [1.165, 1.54) is 32.1 Å². The largest absolute Gasteiger partial charge is 0.467 e. The first-order chi connectivity index (χ1) is 12.7. The SMILES string of the molecule is O=C(NCc1ccco1)C1CCN(C(=O)NC2CCCCCCC2)CC1. The fourth-order valence-corrected chi connectivity index (χ4v) is 3.94. The summed E-state index contributed by atoms with van der Waals surface area (Å²) in [6.45, 7) is 1.73. The van der Waals surface area contributed by atoms with Crippen molar-refractivity contribution in [3.8, 4) is 0 Å². The van der Waals surface area contributed by atoms with Gasteiger partial charge in [0.25, 0.3) is 0 Å². The van der Waals surface area contributed by atoms with Crippen LogP contribution in [0.2, 0.25) is 0 Å². The van der Waals surface area contributed by atoms with Gasteiger partial charge in [0.2, 0.25) is 5.91 Å². The molecule has 0 radical (unpaired) electrons. The van der Waals surface area contributed by atoms with Gasteiger partial charge < -0.3 is 20.0 Å². The molecule has 3 rings (SSSR count). The van der Waals surface area contributed by atoms with Crippen LogP contribution in [0.3, 0.4) is 0 Å². The van der Waals surface area contributed by atoms with E-state index in [9.17, 15) is 9.59 Å². The van der Waals surface area contributed by atoms with Crippen molar-refractivity contribution < 1.29 is 14.0 Å². The molecule has 0 bridgehead atoms. The maximum atomic E-state index is 12.5. The van der Waals surface area contributed by atoms with E-state index in [2.05, 4.69) is 10.6 Å². The van der Waals surface area contributed by atoms with Crippen LogP contribution in [0.15, 0.2) is 22.8 Å².